The third-order valence-electron chi connectivity index (χ3n) is 2.91. The molecule has 7 heteroatoms. The Morgan fingerprint density at radius 2 is 1.74 bits per heavy atom. The van der Waals surface area contributed by atoms with Crippen LogP contribution in [0.3, 0.4) is 0 Å². The second-order valence-corrected chi connectivity index (χ2v) is 6.62. The van der Waals surface area contributed by atoms with Crippen LogP contribution in [0.4, 0.5) is 14.5 Å². The number of nitrogens with one attached hydrogen (secondary N) is 1. The van der Waals surface area contributed by atoms with Crippen LogP contribution in [0.15, 0.2) is 29.2 Å². The Morgan fingerprint density at radius 1 is 1.21 bits per heavy atom. The van der Waals surface area contributed by atoms with Gasteiger partial charge in [0.15, 0.2) is 0 Å². The minimum absolute atomic E-state index is 0.0926. The maximum Gasteiger partial charge on any atom is 0.341 e. The second kappa shape index (κ2) is 6.52. The zero-order valence-electron chi connectivity index (χ0n) is 10.6. The van der Waals surface area contributed by atoms with E-state index in [1.165, 1.54) is 24.3 Å². The summed E-state index contributed by atoms with van der Waals surface area (Å²) < 4.78 is 47.1. The third-order valence-corrected chi connectivity index (χ3v) is 4.79. The van der Waals surface area contributed by atoms with Crippen LogP contribution in [0.5, 0.6) is 0 Å². The molecule has 1 rings (SSSR count). The fourth-order valence-corrected chi connectivity index (χ4v) is 2.37. The Hall–Kier alpha value is -0.880. The Morgan fingerprint density at radius 3 is 2.16 bits per heavy atom. The molecule has 0 heterocycles. The summed E-state index contributed by atoms with van der Waals surface area (Å²) in [6.07, 6.45) is 0. The molecule has 0 fully saturated rings. The predicted molar refractivity (Wildman–Crippen MR) is 72.6 cm³/mol. The van der Waals surface area contributed by atoms with Gasteiger partial charge in [-0.15, -0.1) is 11.6 Å². The van der Waals surface area contributed by atoms with Gasteiger partial charge in [0.25, 0.3) is 0 Å². The summed E-state index contributed by atoms with van der Waals surface area (Å²) in [5, 5.41) is 3.13. The molecular weight excluding hydrogens is 296 g/mol. The van der Waals surface area contributed by atoms with E-state index in [1.807, 2.05) is 13.8 Å². The molecule has 0 saturated carbocycles. The van der Waals surface area contributed by atoms with Gasteiger partial charge < -0.3 is 5.32 Å². The lowest BCUT2D eigenvalue weighted by atomic mass is 10.1. The lowest BCUT2D eigenvalue weighted by Crippen LogP contribution is -2.24. The van der Waals surface area contributed by atoms with E-state index in [9.17, 15) is 17.2 Å². The van der Waals surface area contributed by atoms with Crippen molar-refractivity contribution in [3.05, 3.63) is 24.3 Å². The molecule has 1 N–H and O–H groups in total. The van der Waals surface area contributed by atoms with E-state index in [2.05, 4.69) is 5.32 Å². The molecule has 3 nitrogen and oxygen atoms in total. The number of sulfone groups is 1. The predicted octanol–water partition coefficient (Wildman–Crippen LogP) is 3.36. The third kappa shape index (κ3) is 4.04. The highest BCUT2D eigenvalue weighted by molar-refractivity contribution is 7.91. The molecule has 0 amide bonds. The van der Waals surface area contributed by atoms with E-state index < -0.39 is 15.6 Å². The van der Waals surface area contributed by atoms with E-state index in [0.717, 1.165) is 0 Å². The molecule has 0 saturated heterocycles. The Bertz CT molecular complexity index is 505. The molecule has 0 aliphatic heterocycles. The van der Waals surface area contributed by atoms with Gasteiger partial charge in [0.05, 0.1) is 4.90 Å². The number of alkyl halides is 3. The molecular formula is C12H16ClF2NO2S. The number of hydrogen-bond donors (Lipinski definition) is 1. The first-order chi connectivity index (χ1) is 8.78. The number of benzene rings is 1. The van der Waals surface area contributed by atoms with Gasteiger partial charge >= 0.3 is 5.76 Å². The average molecular weight is 312 g/mol. The fourth-order valence-electron chi connectivity index (χ4n) is 1.38. The average Bonchev–Trinajstić information content (AvgIpc) is 2.38. The molecule has 1 aromatic rings. The summed E-state index contributed by atoms with van der Waals surface area (Å²) >= 11 is 5.73. The zero-order valence-corrected chi connectivity index (χ0v) is 12.2. The Labute approximate surface area is 116 Å². The normalized spacial score (nSPS) is 15.3. The topological polar surface area (TPSA) is 46.2 Å². The zero-order chi connectivity index (χ0) is 14.6. The molecule has 0 bridgehead atoms. The van der Waals surface area contributed by atoms with Gasteiger partial charge in [-0.3, -0.25) is 0 Å². The second-order valence-electron chi connectivity index (χ2n) is 4.39. The van der Waals surface area contributed by atoms with Crippen molar-refractivity contribution < 1.29 is 17.2 Å². The summed E-state index contributed by atoms with van der Waals surface area (Å²) in [6.45, 7) is 3.91. The molecule has 0 aliphatic rings. The van der Waals surface area contributed by atoms with E-state index in [0.29, 0.717) is 11.6 Å². The van der Waals surface area contributed by atoms with Crippen LogP contribution in [-0.2, 0) is 9.84 Å². The SMILES string of the molecule is CC(CCl)C(C)Nc1ccc(S(=O)(=O)C(F)F)cc1. The Kier molecular flexibility index (Phi) is 5.55. The highest BCUT2D eigenvalue weighted by atomic mass is 35.5. The van der Waals surface area contributed by atoms with Gasteiger partial charge in [0.2, 0.25) is 9.84 Å². The van der Waals surface area contributed by atoms with Crippen molar-refractivity contribution in [1.82, 2.24) is 0 Å². The molecule has 0 radical (unpaired) electrons. The van der Waals surface area contributed by atoms with E-state index in [1.54, 1.807) is 0 Å². The van der Waals surface area contributed by atoms with Crippen molar-refractivity contribution in [3.8, 4) is 0 Å². The first-order valence-electron chi connectivity index (χ1n) is 5.73. The number of anilines is 1. The van der Waals surface area contributed by atoms with Gasteiger partial charge in [-0.05, 0) is 37.1 Å². The van der Waals surface area contributed by atoms with Crippen LogP contribution in [0.1, 0.15) is 13.8 Å². The van der Waals surface area contributed by atoms with Crippen molar-refractivity contribution in [2.75, 3.05) is 11.2 Å². The monoisotopic (exact) mass is 311 g/mol. The smallest absolute Gasteiger partial charge is 0.341 e. The largest absolute Gasteiger partial charge is 0.382 e. The lowest BCUT2D eigenvalue weighted by Gasteiger charge is -2.20. The van der Waals surface area contributed by atoms with Crippen LogP contribution >= 0.6 is 11.6 Å². The molecule has 1 aromatic carbocycles. The van der Waals surface area contributed by atoms with Crippen LogP contribution in [0.2, 0.25) is 0 Å². The van der Waals surface area contributed by atoms with Crippen LogP contribution < -0.4 is 5.32 Å². The Balaban J connectivity index is 2.83. The van der Waals surface area contributed by atoms with Crippen LogP contribution in [0, 0.1) is 5.92 Å². The molecule has 2 unspecified atom stereocenters. The van der Waals surface area contributed by atoms with E-state index in [4.69, 9.17) is 11.6 Å². The van der Waals surface area contributed by atoms with E-state index >= 15 is 0 Å². The standard InChI is InChI=1S/C12H16ClF2NO2S/c1-8(7-13)9(2)16-10-3-5-11(6-4-10)19(17,18)12(14)15/h3-6,8-9,12,16H,7H2,1-2H3. The van der Waals surface area contributed by atoms with Gasteiger partial charge in [-0.25, -0.2) is 8.42 Å². The molecule has 0 aromatic heterocycles. The van der Waals surface area contributed by atoms with E-state index in [-0.39, 0.29) is 16.9 Å². The van der Waals surface area contributed by atoms with Crippen LogP contribution in [-0.4, -0.2) is 26.1 Å². The molecule has 0 spiro atoms. The fraction of sp³-hybridized carbons (Fsp3) is 0.500. The summed E-state index contributed by atoms with van der Waals surface area (Å²) in [5.41, 5.74) is 0.665. The van der Waals surface area contributed by atoms with Crippen LogP contribution in [0.25, 0.3) is 0 Å². The molecule has 0 aliphatic carbocycles. The summed E-state index contributed by atoms with van der Waals surface area (Å²) in [4.78, 5) is -0.383. The molecule has 108 valence electrons. The highest BCUT2D eigenvalue weighted by Gasteiger charge is 2.26. The van der Waals surface area contributed by atoms with Crippen molar-refractivity contribution in [2.24, 2.45) is 5.92 Å². The van der Waals surface area contributed by atoms with Crippen molar-refractivity contribution >= 4 is 27.1 Å². The van der Waals surface area contributed by atoms with Gasteiger partial charge in [-0.2, -0.15) is 8.78 Å². The quantitative estimate of drug-likeness (QED) is 0.819. The number of rotatable bonds is 6. The minimum atomic E-state index is -4.53. The maximum atomic E-state index is 12.3. The highest BCUT2D eigenvalue weighted by Crippen LogP contribution is 2.21. The van der Waals surface area contributed by atoms with Crippen molar-refractivity contribution in [1.29, 1.82) is 0 Å². The van der Waals surface area contributed by atoms with Crippen molar-refractivity contribution in [2.45, 2.75) is 30.5 Å². The molecule has 2 atom stereocenters. The minimum Gasteiger partial charge on any atom is -0.382 e. The van der Waals surface area contributed by atoms with Gasteiger partial charge in [0, 0.05) is 17.6 Å². The first kappa shape index (κ1) is 16.2. The number of halogens is 3. The number of hydrogen-bond acceptors (Lipinski definition) is 3. The summed E-state index contributed by atoms with van der Waals surface area (Å²) in [7, 11) is -4.53. The lowest BCUT2D eigenvalue weighted by molar-refractivity contribution is 0.234. The summed E-state index contributed by atoms with van der Waals surface area (Å²) in [5.74, 6) is -2.68. The molecule has 19 heavy (non-hydrogen) atoms. The van der Waals surface area contributed by atoms with Gasteiger partial charge in [-0.1, -0.05) is 6.92 Å². The first-order valence-corrected chi connectivity index (χ1v) is 7.81. The van der Waals surface area contributed by atoms with Crippen molar-refractivity contribution in [3.63, 3.8) is 0 Å². The van der Waals surface area contributed by atoms with Gasteiger partial charge in [0.1, 0.15) is 0 Å². The maximum absolute atomic E-state index is 12.3. The summed E-state index contributed by atoms with van der Waals surface area (Å²) in [6, 6.07) is 5.36.